The predicted molar refractivity (Wildman–Crippen MR) is 70.0 cm³/mol. The summed E-state index contributed by atoms with van der Waals surface area (Å²) >= 11 is 0. The van der Waals surface area contributed by atoms with Gasteiger partial charge in [0.25, 0.3) is 0 Å². The van der Waals surface area contributed by atoms with Gasteiger partial charge in [-0.15, -0.1) is 0 Å². The Balaban J connectivity index is 1.51. The van der Waals surface area contributed by atoms with Gasteiger partial charge in [-0.25, -0.2) is 9.67 Å². The van der Waals surface area contributed by atoms with Crippen LogP contribution in [-0.4, -0.2) is 21.3 Å². The van der Waals surface area contributed by atoms with Crippen LogP contribution >= 0.6 is 0 Å². The van der Waals surface area contributed by atoms with Crippen molar-refractivity contribution in [1.82, 2.24) is 20.1 Å². The Bertz CT molecular complexity index is 471. The molecule has 4 nitrogen and oxygen atoms in total. The first kappa shape index (κ1) is 11.4. The van der Waals surface area contributed by atoms with Crippen LogP contribution in [0.1, 0.15) is 24.0 Å². The van der Waals surface area contributed by atoms with Gasteiger partial charge in [-0.2, -0.15) is 5.10 Å². The zero-order chi connectivity index (χ0) is 12.2. The highest BCUT2D eigenvalue weighted by Gasteiger charge is 2.19. The van der Waals surface area contributed by atoms with Gasteiger partial charge < -0.3 is 5.32 Å². The Morgan fingerprint density at radius 1 is 1.17 bits per heavy atom. The summed E-state index contributed by atoms with van der Waals surface area (Å²) in [5.74, 6) is 0.941. The minimum atomic E-state index is 0.787. The summed E-state index contributed by atoms with van der Waals surface area (Å²) < 4.78 is 1.83. The van der Waals surface area contributed by atoms with Crippen LogP contribution in [0.2, 0.25) is 0 Å². The van der Waals surface area contributed by atoms with Gasteiger partial charge in [0, 0.05) is 6.54 Å². The van der Waals surface area contributed by atoms with Crippen LogP contribution in [0, 0.1) is 5.92 Å². The minimum Gasteiger partial charge on any atom is -0.312 e. The molecular weight excluding hydrogens is 224 g/mol. The van der Waals surface area contributed by atoms with E-state index in [1.54, 1.807) is 12.7 Å². The highest BCUT2D eigenvalue weighted by atomic mass is 15.3. The van der Waals surface area contributed by atoms with Crippen molar-refractivity contribution in [3.8, 4) is 0 Å². The monoisotopic (exact) mass is 242 g/mol. The van der Waals surface area contributed by atoms with Crippen molar-refractivity contribution in [2.24, 2.45) is 5.92 Å². The van der Waals surface area contributed by atoms with E-state index >= 15 is 0 Å². The lowest BCUT2D eigenvalue weighted by Gasteiger charge is -2.05. The van der Waals surface area contributed by atoms with Crippen molar-refractivity contribution in [2.45, 2.75) is 25.9 Å². The molecule has 1 fully saturated rings. The second-order valence-corrected chi connectivity index (χ2v) is 4.98. The maximum Gasteiger partial charge on any atom is 0.137 e. The largest absolute Gasteiger partial charge is 0.312 e. The van der Waals surface area contributed by atoms with Crippen LogP contribution in [0.5, 0.6) is 0 Å². The molecule has 0 bridgehead atoms. The second kappa shape index (κ2) is 5.31. The molecule has 0 radical (unpaired) electrons. The predicted octanol–water partition coefficient (Wildman–Crippen LogP) is 1.83. The normalized spacial score (nSPS) is 14.9. The number of rotatable bonds is 6. The lowest BCUT2D eigenvalue weighted by Crippen LogP contribution is -2.16. The summed E-state index contributed by atoms with van der Waals surface area (Å²) in [6, 6.07) is 8.70. The molecule has 0 aliphatic heterocycles. The lowest BCUT2D eigenvalue weighted by molar-refractivity contribution is 0.638. The van der Waals surface area contributed by atoms with Gasteiger partial charge >= 0.3 is 0 Å². The molecule has 18 heavy (non-hydrogen) atoms. The average Bonchev–Trinajstić information content (AvgIpc) is 3.07. The van der Waals surface area contributed by atoms with Crippen molar-refractivity contribution in [1.29, 1.82) is 0 Å². The molecule has 1 saturated carbocycles. The maximum atomic E-state index is 4.10. The molecule has 1 aromatic heterocycles. The van der Waals surface area contributed by atoms with Crippen LogP contribution in [0.25, 0.3) is 0 Å². The fourth-order valence-electron chi connectivity index (χ4n) is 2.01. The lowest BCUT2D eigenvalue weighted by atomic mass is 10.1. The van der Waals surface area contributed by atoms with Gasteiger partial charge in [0.2, 0.25) is 0 Å². The SMILES string of the molecule is c1ncn(Cc2ccc(CNCC3CC3)cc2)n1. The Labute approximate surface area is 107 Å². The van der Waals surface area contributed by atoms with E-state index in [0.29, 0.717) is 0 Å². The summed E-state index contributed by atoms with van der Waals surface area (Å²) in [7, 11) is 0. The molecular formula is C14H18N4. The quantitative estimate of drug-likeness (QED) is 0.840. The first-order valence-corrected chi connectivity index (χ1v) is 6.51. The molecule has 1 aliphatic carbocycles. The number of hydrogen-bond acceptors (Lipinski definition) is 3. The molecule has 0 unspecified atom stereocenters. The standard InChI is InChI=1S/C14H18N4/c1-2-12(1)7-15-8-13-3-5-14(6-4-13)9-18-11-16-10-17-18/h3-6,10-12,15H,1-2,7-9H2. The summed E-state index contributed by atoms with van der Waals surface area (Å²) in [5, 5.41) is 7.60. The fraction of sp³-hybridized carbons (Fsp3) is 0.429. The van der Waals surface area contributed by atoms with E-state index in [-0.39, 0.29) is 0 Å². The third-order valence-electron chi connectivity index (χ3n) is 3.29. The maximum absolute atomic E-state index is 4.10. The molecule has 1 aliphatic rings. The third kappa shape index (κ3) is 3.17. The van der Waals surface area contributed by atoms with Gasteiger partial charge in [-0.05, 0) is 36.4 Å². The molecule has 0 saturated heterocycles. The zero-order valence-corrected chi connectivity index (χ0v) is 10.4. The van der Waals surface area contributed by atoms with Gasteiger partial charge in [0.05, 0.1) is 6.54 Å². The summed E-state index contributed by atoms with van der Waals surface area (Å²) in [4.78, 5) is 3.94. The third-order valence-corrected chi connectivity index (χ3v) is 3.29. The molecule has 4 heteroatoms. The number of hydrogen-bond donors (Lipinski definition) is 1. The summed E-state index contributed by atoms with van der Waals surface area (Å²) in [5.41, 5.74) is 2.60. The molecule has 1 N–H and O–H groups in total. The molecule has 0 amide bonds. The molecule has 0 atom stereocenters. The molecule has 94 valence electrons. The van der Waals surface area contributed by atoms with Gasteiger partial charge in [0.15, 0.2) is 0 Å². The average molecular weight is 242 g/mol. The molecule has 2 aromatic rings. The van der Waals surface area contributed by atoms with Gasteiger partial charge in [-0.1, -0.05) is 24.3 Å². The smallest absolute Gasteiger partial charge is 0.137 e. The van der Waals surface area contributed by atoms with Crippen molar-refractivity contribution < 1.29 is 0 Å². The zero-order valence-electron chi connectivity index (χ0n) is 10.4. The number of nitrogens with one attached hydrogen (secondary N) is 1. The highest BCUT2D eigenvalue weighted by Crippen LogP contribution is 2.27. The number of nitrogens with zero attached hydrogens (tertiary/aromatic N) is 3. The van der Waals surface area contributed by atoms with Crippen LogP contribution in [0.3, 0.4) is 0 Å². The first-order valence-electron chi connectivity index (χ1n) is 6.51. The first-order chi connectivity index (χ1) is 8.90. The Kier molecular flexibility index (Phi) is 3.37. The number of aromatic nitrogens is 3. The fourth-order valence-corrected chi connectivity index (χ4v) is 2.01. The van der Waals surface area contributed by atoms with E-state index in [1.807, 2.05) is 4.68 Å². The topological polar surface area (TPSA) is 42.7 Å². The van der Waals surface area contributed by atoms with Crippen LogP contribution in [0.15, 0.2) is 36.9 Å². The van der Waals surface area contributed by atoms with Crippen LogP contribution in [-0.2, 0) is 13.1 Å². The Hall–Kier alpha value is -1.68. The van der Waals surface area contributed by atoms with Crippen molar-refractivity contribution in [2.75, 3.05) is 6.54 Å². The minimum absolute atomic E-state index is 0.787. The van der Waals surface area contributed by atoms with Gasteiger partial charge in [-0.3, -0.25) is 0 Å². The van der Waals surface area contributed by atoms with Gasteiger partial charge in [0.1, 0.15) is 12.7 Å². The Morgan fingerprint density at radius 3 is 2.61 bits per heavy atom. The van der Waals surface area contributed by atoms with E-state index < -0.39 is 0 Å². The summed E-state index contributed by atoms with van der Waals surface area (Å²) in [6.45, 7) is 2.93. The number of benzene rings is 1. The van der Waals surface area contributed by atoms with Crippen LogP contribution < -0.4 is 5.32 Å². The molecule has 1 aromatic carbocycles. The molecule has 1 heterocycles. The van der Waals surface area contributed by atoms with E-state index in [2.05, 4.69) is 39.7 Å². The van der Waals surface area contributed by atoms with E-state index in [1.165, 1.54) is 30.5 Å². The van der Waals surface area contributed by atoms with Crippen molar-refractivity contribution >= 4 is 0 Å². The highest BCUT2D eigenvalue weighted by molar-refractivity contribution is 5.22. The van der Waals surface area contributed by atoms with E-state index in [0.717, 1.165) is 19.0 Å². The molecule has 3 rings (SSSR count). The molecule has 0 spiro atoms. The van der Waals surface area contributed by atoms with Crippen molar-refractivity contribution in [3.63, 3.8) is 0 Å². The van der Waals surface area contributed by atoms with E-state index in [4.69, 9.17) is 0 Å². The summed E-state index contributed by atoms with van der Waals surface area (Å²) in [6.07, 6.45) is 6.12. The van der Waals surface area contributed by atoms with Crippen molar-refractivity contribution in [3.05, 3.63) is 48.0 Å². The Morgan fingerprint density at radius 2 is 1.94 bits per heavy atom. The van der Waals surface area contributed by atoms with E-state index in [9.17, 15) is 0 Å². The second-order valence-electron chi connectivity index (χ2n) is 4.98. The van der Waals surface area contributed by atoms with Crippen LogP contribution in [0.4, 0.5) is 0 Å².